The zero-order valence-corrected chi connectivity index (χ0v) is 18.8. The molecule has 2 N–H and O–H groups in total. The lowest BCUT2D eigenvalue weighted by Crippen LogP contribution is -2.13. The first kappa shape index (κ1) is 21.8. The van der Waals surface area contributed by atoms with Crippen molar-refractivity contribution in [2.24, 2.45) is 5.92 Å². The van der Waals surface area contributed by atoms with E-state index in [-0.39, 0.29) is 17.7 Å². The lowest BCUT2D eigenvalue weighted by atomic mass is 9.98. The van der Waals surface area contributed by atoms with Crippen molar-refractivity contribution in [3.8, 4) is 11.1 Å². The minimum atomic E-state index is -0.140. The molecular formula is C27H29N3O2. The lowest BCUT2D eigenvalue weighted by molar-refractivity contribution is -0.117. The molecule has 32 heavy (non-hydrogen) atoms. The summed E-state index contributed by atoms with van der Waals surface area (Å²) in [4.78, 5) is 26.9. The van der Waals surface area contributed by atoms with Gasteiger partial charge in [-0.3, -0.25) is 9.59 Å². The number of anilines is 2. The van der Waals surface area contributed by atoms with Crippen LogP contribution in [-0.4, -0.2) is 30.8 Å². The van der Waals surface area contributed by atoms with Crippen molar-refractivity contribution < 1.29 is 9.59 Å². The fourth-order valence-electron chi connectivity index (χ4n) is 3.66. The molecule has 4 rings (SSSR count). The summed E-state index contributed by atoms with van der Waals surface area (Å²) >= 11 is 0. The van der Waals surface area contributed by atoms with Gasteiger partial charge >= 0.3 is 0 Å². The molecule has 3 aromatic carbocycles. The van der Waals surface area contributed by atoms with Crippen LogP contribution in [-0.2, 0) is 11.3 Å². The maximum atomic E-state index is 12.7. The summed E-state index contributed by atoms with van der Waals surface area (Å²) in [6.45, 7) is 2.91. The van der Waals surface area contributed by atoms with Crippen molar-refractivity contribution in [1.82, 2.24) is 4.90 Å². The maximum absolute atomic E-state index is 12.7. The number of amides is 2. The van der Waals surface area contributed by atoms with Gasteiger partial charge in [0.25, 0.3) is 5.91 Å². The Morgan fingerprint density at radius 2 is 1.53 bits per heavy atom. The molecular weight excluding hydrogens is 398 g/mol. The first-order valence-electron chi connectivity index (χ1n) is 11.0. The summed E-state index contributed by atoms with van der Waals surface area (Å²) in [5, 5.41) is 5.96. The van der Waals surface area contributed by atoms with Crippen LogP contribution in [0.25, 0.3) is 11.1 Å². The second kappa shape index (κ2) is 9.37. The van der Waals surface area contributed by atoms with Crippen LogP contribution < -0.4 is 10.6 Å². The van der Waals surface area contributed by atoms with Gasteiger partial charge in [-0.15, -0.1) is 0 Å². The molecule has 1 saturated carbocycles. The molecule has 0 bridgehead atoms. The zero-order valence-electron chi connectivity index (χ0n) is 18.8. The third kappa shape index (κ3) is 5.42. The van der Waals surface area contributed by atoms with Gasteiger partial charge in [0.1, 0.15) is 0 Å². The molecule has 1 aliphatic carbocycles. The van der Waals surface area contributed by atoms with Crippen molar-refractivity contribution in [2.45, 2.75) is 26.3 Å². The topological polar surface area (TPSA) is 61.4 Å². The fourth-order valence-corrected chi connectivity index (χ4v) is 3.66. The van der Waals surface area contributed by atoms with E-state index in [1.54, 1.807) is 0 Å². The van der Waals surface area contributed by atoms with E-state index in [4.69, 9.17) is 0 Å². The van der Waals surface area contributed by atoms with Crippen molar-refractivity contribution in [3.63, 3.8) is 0 Å². The monoisotopic (exact) mass is 427 g/mol. The van der Waals surface area contributed by atoms with Crippen molar-refractivity contribution in [3.05, 3.63) is 83.4 Å². The number of hydrogen-bond acceptors (Lipinski definition) is 3. The molecule has 0 saturated heterocycles. The van der Waals surface area contributed by atoms with Crippen LogP contribution >= 0.6 is 0 Å². The molecule has 2 amide bonds. The van der Waals surface area contributed by atoms with E-state index in [9.17, 15) is 9.59 Å². The van der Waals surface area contributed by atoms with Gasteiger partial charge < -0.3 is 15.5 Å². The highest BCUT2D eigenvalue weighted by molar-refractivity contribution is 6.04. The number of hydrogen-bond donors (Lipinski definition) is 2. The molecule has 0 unspecified atom stereocenters. The van der Waals surface area contributed by atoms with Gasteiger partial charge in [-0.1, -0.05) is 30.3 Å². The van der Waals surface area contributed by atoms with Crippen LogP contribution in [0.5, 0.6) is 0 Å². The third-order valence-corrected chi connectivity index (χ3v) is 5.62. The molecule has 164 valence electrons. The summed E-state index contributed by atoms with van der Waals surface area (Å²) < 4.78 is 0. The summed E-state index contributed by atoms with van der Waals surface area (Å²) in [6.07, 6.45) is 1.96. The second-order valence-corrected chi connectivity index (χ2v) is 8.76. The molecule has 1 aliphatic rings. The van der Waals surface area contributed by atoms with Crippen LogP contribution in [0.15, 0.2) is 66.7 Å². The maximum Gasteiger partial charge on any atom is 0.255 e. The van der Waals surface area contributed by atoms with Crippen LogP contribution in [0, 0.1) is 12.8 Å². The molecule has 5 nitrogen and oxygen atoms in total. The highest BCUT2D eigenvalue weighted by Gasteiger charge is 2.29. The average Bonchev–Trinajstić information content (AvgIpc) is 3.62. The van der Waals surface area contributed by atoms with E-state index < -0.39 is 0 Å². The number of nitrogens with zero attached hydrogens (tertiary/aromatic N) is 1. The predicted octanol–water partition coefficient (Wildman–Crippen LogP) is 5.32. The molecule has 0 aromatic heterocycles. The number of carbonyl (C=O) groups is 2. The third-order valence-electron chi connectivity index (χ3n) is 5.62. The first-order chi connectivity index (χ1) is 15.4. The summed E-state index contributed by atoms with van der Waals surface area (Å²) in [5.41, 5.74) is 6.55. The SMILES string of the molecule is Cc1ccc(NC(=O)C2CC2)cc1-c1ccc(C(=O)Nc2ccc(CN(C)C)cc2)cc1. The Bertz CT molecular complexity index is 1110. The quantitative estimate of drug-likeness (QED) is 0.536. The van der Waals surface area contributed by atoms with Gasteiger partial charge in [0.2, 0.25) is 5.91 Å². The number of aryl methyl sites for hydroxylation is 1. The van der Waals surface area contributed by atoms with Gasteiger partial charge in [-0.2, -0.15) is 0 Å². The highest BCUT2D eigenvalue weighted by atomic mass is 16.2. The van der Waals surface area contributed by atoms with E-state index in [1.807, 2.05) is 87.7 Å². The minimum absolute atomic E-state index is 0.0987. The Balaban J connectivity index is 1.44. The normalized spacial score (nSPS) is 13.1. The number of rotatable bonds is 7. The van der Waals surface area contributed by atoms with Crippen LogP contribution in [0.4, 0.5) is 11.4 Å². The number of nitrogens with one attached hydrogen (secondary N) is 2. The molecule has 0 radical (unpaired) electrons. The lowest BCUT2D eigenvalue weighted by Gasteiger charge is -2.12. The fraction of sp³-hybridized carbons (Fsp3) is 0.259. The van der Waals surface area contributed by atoms with Gasteiger partial charge in [-0.05, 0) is 92.5 Å². The largest absolute Gasteiger partial charge is 0.326 e. The number of carbonyl (C=O) groups excluding carboxylic acids is 2. The Hall–Kier alpha value is -3.44. The van der Waals surface area contributed by atoms with E-state index in [0.717, 1.165) is 47.5 Å². The molecule has 0 spiro atoms. The van der Waals surface area contributed by atoms with E-state index in [0.29, 0.717) is 5.56 Å². The van der Waals surface area contributed by atoms with Crippen molar-refractivity contribution >= 4 is 23.2 Å². The molecule has 5 heteroatoms. The summed E-state index contributed by atoms with van der Waals surface area (Å²) in [6, 6.07) is 21.4. The molecule has 0 heterocycles. The average molecular weight is 428 g/mol. The zero-order chi connectivity index (χ0) is 22.7. The summed E-state index contributed by atoms with van der Waals surface area (Å²) in [5.74, 6) is 0.127. The van der Waals surface area contributed by atoms with E-state index >= 15 is 0 Å². The van der Waals surface area contributed by atoms with Gasteiger partial charge in [0, 0.05) is 29.4 Å². The number of benzene rings is 3. The van der Waals surface area contributed by atoms with Gasteiger partial charge in [-0.25, -0.2) is 0 Å². The smallest absolute Gasteiger partial charge is 0.255 e. The van der Waals surface area contributed by atoms with Crippen molar-refractivity contribution in [2.75, 3.05) is 24.7 Å². The van der Waals surface area contributed by atoms with Gasteiger partial charge in [0.05, 0.1) is 0 Å². The Morgan fingerprint density at radius 1 is 0.875 bits per heavy atom. The minimum Gasteiger partial charge on any atom is -0.326 e. The molecule has 0 aliphatic heterocycles. The van der Waals surface area contributed by atoms with Crippen molar-refractivity contribution in [1.29, 1.82) is 0 Å². The second-order valence-electron chi connectivity index (χ2n) is 8.76. The standard InChI is InChI=1S/C27H29N3O2/c1-18-4-13-24(29-27(32)22-11-12-22)16-25(18)20-7-9-21(10-8-20)26(31)28-23-14-5-19(6-15-23)17-30(2)3/h4-10,13-16,22H,11-12,17H2,1-3H3,(H,28,31)(H,29,32). The Labute approximate surface area is 189 Å². The van der Waals surface area contributed by atoms with E-state index in [1.165, 1.54) is 5.56 Å². The predicted molar refractivity (Wildman–Crippen MR) is 130 cm³/mol. The Morgan fingerprint density at radius 3 is 2.16 bits per heavy atom. The molecule has 1 fully saturated rings. The van der Waals surface area contributed by atoms with Gasteiger partial charge in [0.15, 0.2) is 0 Å². The Kier molecular flexibility index (Phi) is 6.37. The van der Waals surface area contributed by atoms with E-state index in [2.05, 4.69) is 15.5 Å². The summed E-state index contributed by atoms with van der Waals surface area (Å²) in [7, 11) is 4.06. The van der Waals surface area contributed by atoms with Crippen LogP contribution in [0.1, 0.15) is 34.3 Å². The van der Waals surface area contributed by atoms with Crippen LogP contribution in [0.3, 0.4) is 0 Å². The first-order valence-corrected chi connectivity index (χ1v) is 11.0. The van der Waals surface area contributed by atoms with Crippen LogP contribution in [0.2, 0.25) is 0 Å². The molecule has 0 atom stereocenters. The highest BCUT2D eigenvalue weighted by Crippen LogP contribution is 2.32. The molecule has 3 aromatic rings.